The summed E-state index contributed by atoms with van der Waals surface area (Å²) in [5.74, 6) is 0.418. The fraction of sp³-hybridized carbons (Fsp3) is 0.321. The summed E-state index contributed by atoms with van der Waals surface area (Å²) in [6, 6.07) is 19.5. The van der Waals surface area contributed by atoms with Gasteiger partial charge in [-0.3, -0.25) is 19.5 Å². The van der Waals surface area contributed by atoms with Crippen molar-refractivity contribution in [3.05, 3.63) is 78.6 Å². The van der Waals surface area contributed by atoms with Crippen molar-refractivity contribution in [1.29, 1.82) is 0 Å². The van der Waals surface area contributed by atoms with Crippen LogP contribution >= 0.6 is 0 Å². The van der Waals surface area contributed by atoms with E-state index in [9.17, 15) is 9.59 Å². The highest BCUT2D eigenvalue weighted by atomic mass is 16.5. The summed E-state index contributed by atoms with van der Waals surface area (Å²) >= 11 is 0. The van der Waals surface area contributed by atoms with Gasteiger partial charge in [0.25, 0.3) is 5.91 Å². The van der Waals surface area contributed by atoms with Crippen LogP contribution in [0.5, 0.6) is 5.75 Å². The normalized spacial score (nSPS) is 15.8. The second kappa shape index (κ2) is 11.2. The third-order valence-corrected chi connectivity index (χ3v) is 6.73. The number of para-hydroxylation sites is 4. The van der Waals surface area contributed by atoms with Crippen molar-refractivity contribution < 1.29 is 14.3 Å². The van der Waals surface area contributed by atoms with Crippen LogP contribution in [0.2, 0.25) is 0 Å². The van der Waals surface area contributed by atoms with Crippen molar-refractivity contribution in [3.8, 4) is 5.75 Å². The Bertz CT molecular complexity index is 1190. The number of carbonyl (C=O) groups is 2. The first-order valence-electron chi connectivity index (χ1n) is 12.4. The van der Waals surface area contributed by atoms with Crippen molar-refractivity contribution in [2.24, 2.45) is 0 Å². The maximum Gasteiger partial charge on any atom is 0.265 e. The van der Waals surface area contributed by atoms with E-state index in [4.69, 9.17) is 4.74 Å². The van der Waals surface area contributed by atoms with E-state index in [0.717, 1.165) is 50.5 Å². The fourth-order valence-corrected chi connectivity index (χ4v) is 4.73. The minimum atomic E-state index is -0.135. The summed E-state index contributed by atoms with van der Waals surface area (Å²) in [6.07, 6.45) is 4.91. The zero-order valence-electron chi connectivity index (χ0n) is 20.3. The molecule has 0 aliphatic carbocycles. The average Bonchev–Trinajstić information content (AvgIpc) is 2.92. The molecule has 8 heteroatoms. The number of pyridine rings is 1. The molecule has 0 unspecified atom stereocenters. The Labute approximate surface area is 211 Å². The van der Waals surface area contributed by atoms with E-state index in [0.29, 0.717) is 18.0 Å². The Kier molecular flexibility index (Phi) is 7.42. The molecule has 0 atom stereocenters. The number of amides is 2. The van der Waals surface area contributed by atoms with Crippen molar-refractivity contribution >= 4 is 28.9 Å². The van der Waals surface area contributed by atoms with Gasteiger partial charge in [-0.25, -0.2) is 0 Å². The van der Waals surface area contributed by atoms with Gasteiger partial charge in [-0.2, -0.15) is 0 Å². The van der Waals surface area contributed by atoms with E-state index in [2.05, 4.69) is 38.3 Å². The van der Waals surface area contributed by atoms with E-state index >= 15 is 0 Å². The van der Waals surface area contributed by atoms with E-state index in [1.54, 1.807) is 4.90 Å². The monoisotopic (exact) mass is 485 g/mol. The number of piperazine rings is 1. The van der Waals surface area contributed by atoms with Gasteiger partial charge in [-0.05, 0) is 48.4 Å². The number of anilines is 3. The molecule has 3 heterocycles. The minimum absolute atomic E-state index is 0.00397. The number of hydrogen-bond donors (Lipinski definition) is 1. The second-order valence-corrected chi connectivity index (χ2v) is 9.05. The van der Waals surface area contributed by atoms with Crippen LogP contribution in [-0.2, 0) is 16.0 Å². The molecule has 2 aromatic carbocycles. The number of aromatic nitrogens is 1. The second-order valence-electron chi connectivity index (χ2n) is 9.05. The fourth-order valence-electron chi connectivity index (χ4n) is 4.73. The maximum absolute atomic E-state index is 12.9. The third kappa shape index (κ3) is 5.66. The molecule has 3 aromatic rings. The van der Waals surface area contributed by atoms with E-state index in [1.165, 1.54) is 5.56 Å². The van der Waals surface area contributed by atoms with Gasteiger partial charge in [0.2, 0.25) is 5.91 Å². The highest BCUT2D eigenvalue weighted by Gasteiger charge is 2.26. The number of hydrogen-bond acceptors (Lipinski definition) is 6. The van der Waals surface area contributed by atoms with Gasteiger partial charge in [0.1, 0.15) is 5.75 Å². The van der Waals surface area contributed by atoms with Gasteiger partial charge in [-0.1, -0.05) is 24.3 Å². The summed E-state index contributed by atoms with van der Waals surface area (Å²) in [4.78, 5) is 35.8. The number of nitrogens with zero attached hydrogens (tertiary/aromatic N) is 4. The Balaban J connectivity index is 1.15. The number of nitrogens with one attached hydrogen (secondary N) is 1. The zero-order chi connectivity index (χ0) is 24.7. The summed E-state index contributed by atoms with van der Waals surface area (Å²) in [7, 11) is 0. The molecule has 2 amide bonds. The molecule has 0 saturated carbocycles. The van der Waals surface area contributed by atoms with Crippen molar-refractivity contribution in [2.75, 3.05) is 61.0 Å². The number of fused-ring (bicyclic) bond motifs is 1. The highest BCUT2D eigenvalue weighted by molar-refractivity contribution is 5.99. The van der Waals surface area contributed by atoms with E-state index in [1.807, 2.05) is 54.9 Å². The Hall–Kier alpha value is -3.91. The third-order valence-electron chi connectivity index (χ3n) is 6.73. The first-order chi connectivity index (χ1) is 17.7. The Morgan fingerprint density at radius 2 is 1.61 bits per heavy atom. The Morgan fingerprint density at radius 1 is 0.889 bits per heavy atom. The molecule has 8 nitrogen and oxygen atoms in total. The van der Waals surface area contributed by atoms with Crippen LogP contribution in [0.1, 0.15) is 12.0 Å². The predicted molar refractivity (Wildman–Crippen MR) is 141 cm³/mol. The average molecular weight is 486 g/mol. The standard InChI is InChI=1S/C28H31N5O3/c34-27(12-16-33-25-7-3-4-8-26(25)36-21-28(33)35)30-23-5-1-2-6-24(23)32-19-17-31(18-20-32)15-11-22-9-13-29-14-10-22/h1-10,13-14H,11-12,15-21H2,(H,30,34). The molecular formula is C28H31N5O3. The van der Waals surface area contributed by atoms with Crippen LogP contribution in [0.25, 0.3) is 0 Å². The molecule has 1 aromatic heterocycles. The molecule has 2 aliphatic rings. The van der Waals surface area contributed by atoms with E-state index < -0.39 is 0 Å². The minimum Gasteiger partial charge on any atom is -0.482 e. The molecule has 0 bridgehead atoms. The topological polar surface area (TPSA) is 78.0 Å². The summed E-state index contributed by atoms with van der Waals surface area (Å²) in [5, 5.41) is 3.07. The largest absolute Gasteiger partial charge is 0.482 e. The predicted octanol–water partition coefficient (Wildman–Crippen LogP) is 3.20. The lowest BCUT2D eigenvalue weighted by Crippen LogP contribution is -2.47. The summed E-state index contributed by atoms with van der Waals surface area (Å²) in [6.45, 7) is 5.10. The number of carbonyl (C=O) groups excluding carboxylic acids is 2. The lowest BCUT2D eigenvalue weighted by Gasteiger charge is -2.37. The highest BCUT2D eigenvalue weighted by Crippen LogP contribution is 2.32. The molecular weight excluding hydrogens is 454 g/mol. The molecule has 36 heavy (non-hydrogen) atoms. The molecule has 1 N–H and O–H groups in total. The van der Waals surface area contributed by atoms with Gasteiger partial charge < -0.3 is 19.9 Å². The summed E-state index contributed by atoms with van der Waals surface area (Å²) < 4.78 is 5.49. The van der Waals surface area contributed by atoms with Crippen molar-refractivity contribution in [1.82, 2.24) is 9.88 Å². The lowest BCUT2D eigenvalue weighted by molar-refractivity contribution is -0.121. The smallest absolute Gasteiger partial charge is 0.265 e. The van der Waals surface area contributed by atoms with E-state index in [-0.39, 0.29) is 24.8 Å². The van der Waals surface area contributed by atoms with Gasteiger partial charge >= 0.3 is 0 Å². The van der Waals surface area contributed by atoms with Crippen LogP contribution in [0.3, 0.4) is 0 Å². The van der Waals surface area contributed by atoms with Gasteiger partial charge in [0.05, 0.1) is 17.1 Å². The van der Waals surface area contributed by atoms with Crippen molar-refractivity contribution in [2.45, 2.75) is 12.8 Å². The maximum atomic E-state index is 12.9. The quantitative estimate of drug-likeness (QED) is 0.528. The number of rotatable bonds is 8. The van der Waals surface area contributed by atoms with Crippen LogP contribution < -0.4 is 19.9 Å². The first kappa shape index (κ1) is 23.8. The molecule has 5 rings (SSSR count). The van der Waals surface area contributed by atoms with Crippen LogP contribution in [0.4, 0.5) is 17.1 Å². The lowest BCUT2D eigenvalue weighted by atomic mass is 10.1. The number of ether oxygens (including phenoxy) is 1. The van der Waals surface area contributed by atoms with Crippen LogP contribution in [0.15, 0.2) is 73.1 Å². The number of benzene rings is 2. The molecule has 186 valence electrons. The molecule has 1 saturated heterocycles. The SMILES string of the molecule is O=C(CCN1C(=O)COc2ccccc21)Nc1ccccc1N1CCN(CCc2ccncc2)CC1. The van der Waals surface area contributed by atoms with Crippen LogP contribution in [-0.4, -0.2) is 67.6 Å². The first-order valence-corrected chi connectivity index (χ1v) is 12.4. The molecule has 0 radical (unpaired) electrons. The van der Waals surface area contributed by atoms with Crippen LogP contribution in [0, 0.1) is 0 Å². The summed E-state index contributed by atoms with van der Waals surface area (Å²) in [5.41, 5.74) is 3.86. The molecule has 2 aliphatic heterocycles. The van der Waals surface area contributed by atoms with Gasteiger partial charge in [0.15, 0.2) is 6.61 Å². The van der Waals surface area contributed by atoms with Crippen molar-refractivity contribution in [3.63, 3.8) is 0 Å². The Morgan fingerprint density at radius 3 is 2.42 bits per heavy atom. The molecule has 0 spiro atoms. The zero-order valence-corrected chi connectivity index (χ0v) is 20.3. The van der Waals surface area contributed by atoms with Gasteiger partial charge in [0, 0.05) is 58.1 Å². The molecule has 1 fully saturated rings. The van der Waals surface area contributed by atoms with Gasteiger partial charge in [-0.15, -0.1) is 0 Å².